The van der Waals surface area contributed by atoms with Gasteiger partial charge in [0.2, 0.25) is 0 Å². The van der Waals surface area contributed by atoms with E-state index in [4.69, 9.17) is 0 Å². The van der Waals surface area contributed by atoms with Gasteiger partial charge in [-0.25, -0.2) is 14.4 Å². The van der Waals surface area contributed by atoms with Gasteiger partial charge in [0.05, 0.1) is 12.4 Å². The Morgan fingerprint density at radius 2 is 1.85 bits per heavy atom. The third kappa shape index (κ3) is 3.74. The van der Waals surface area contributed by atoms with Crippen LogP contribution in [0.2, 0.25) is 0 Å². The summed E-state index contributed by atoms with van der Waals surface area (Å²) in [4.78, 5) is 19.8. The molecule has 0 aliphatic carbocycles. The zero-order valence-corrected chi connectivity index (χ0v) is 11.2. The SMILES string of the molecule is CC(C)NC(=O)c1cnc(Nc2ccc(F)cc2)cn1. The van der Waals surface area contributed by atoms with Crippen LogP contribution < -0.4 is 10.6 Å². The first-order valence-corrected chi connectivity index (χ1v) is 6.20. The van der Waals surface area contributed by atoms with Crippen molar-refractivity contribution in [3.8, 4) is 0 Å². The number of anilines is 2. The van der Waals surface area contributed by atoms with Gasteiger partial charge in [-0.1, -0.05) is 0 Å². The Kier molecular flexibility index (Phi) is 4.24. The third-order valence-electron chi connectivity index (χ3n) is 2.42. The second kappa shape index (κ2) is 6.10. The molecule has 0 bridgehead atoms. The van der Waals surface area contributed by atoms with E-state index in [0.29, 0.717) is 11.5 Å². The van der Waals surface area contributed by atoms with Gasteiger partial charge in [0, 0.05) is 11.7 Å². The second-order valence-electron chi connectivity index (χ2n) is 4.55. The van der Waals surface area contributed by atoms with Crippen LogP contribution in [-0.4, -0.2) is 21.9 Å². The molecule has 0 fully saturated rings. The number of nitrogens with zero attached hydrogens (tertiary/aromatic N) is 2. The molecule has 0 aliphatic rings. The number of carbonyl (C=O) groups excluding carboxylic acids is 1. The molecule has 104 valence electrons. The fraction of sp³-hybridized carbons (Fsp3) is 0.214. The lowest BCUT2D eigenvalue weighted by Gasteiger charge is -2.08. The fourth-order valence-corrected chi connectivity index (χ4v) is 1.53. The number of rotatable bonds is 4. The standard InChI is InChI=1S/C14H15FN4O/c1-9(2)18-14(20)12-7-17-13(8-16-12)19-11-5-3-10(15)4-6-11/h3-9H,1-2H3,(H,17,19)(H,18,20). The zero-order valence-electron chi connectivity index (χ0n) is 11.2. The van der Waals surface area contributed by atoms with Gasteiger partial charge in [0.15, 0.2) is 0 Å². The molecule has 0 saturated heterocycles. The molecule has 0 unspecified atom stereocenters. The summed E-state index contributed by atoms with van der Waals surface area (Å²) in [6.07, 6.45) is 2.85. The van der Waals surface area contributed by atoms with E-state index in [1.54, 1.807) is 12.1 Å². The highest BCUT2D eigenvalue weighted by molar-refractivity contribution is 5.92. The summed E-state index contributed by atoms with van der Waals surface area (Å²) < 4.78 is 12.8. The summed E-state index contributed by atoms with van der Waals surface area (Å²) in [5, 5.41) is 5.70. The lowest BCUT2D eigenvalue weighted by Crippen LogP contribution is -2.30. The number of amides is 1. The van der Waals surface area contributed by atoms with E-state index < -0.39 is 0 Å². The van der Waals surface area contributed by atoms with Gasteiger partial charge >= 0.3 is 0 Å². The van der Waals surface area contributed by atoms with E-state index >= 15 is 0 Å². The monoisotopic (exact) mass is 274 g/mol. The van der Waals surface area contributed by atoms with Gasteiger partial charge < -0.3 is 10.6 Å². The quantitative estimate of drug-likeness (QED) is 0.899. The number of hydrogen-bond donors (Lipinski definition) is 2. The maximum absolute atomic E-state index is 12.8. The van der Waals surface area contributed by atoms with Crippen molar-refractivity contribution >= 4 is 17.4 Å². The largest absolute Gasteiger partial charge is 0.348 e. The Hall–Kier alpha value is -2.50. The first-order valence-electron chi connectivity index (χ1n) is 6.20. The van der Waals surface area contributed by atoms with Crippen molar-refractivity contribution in [1.29, 1.82) is 0 Å². The Balaban J connectivity index is 2.04. The van der Waals surface area contributed by atoms with Gasteiger partial charge in [0.1, 0.15) is 17.3 Å². The van der Waals surface area contributed by atoms with Gasteiger partial charge in [-0.2, -0.15) is 0 Å². The molecule has 0 aliphatic heterocycles. The van der Waals surface area contributed by atoms with Gasteiger partial charge in [0.25, 0.3) is 5.91 Å². The highest BCUT2D eigenvalue weighted by Gasteiger charge is 2.08. The van der Waals surface area contributed by atoms with Crippen LogP contribution in [0, 0.1) is 5.82 Å². The molecule has 1 aromatic heterocycles. The smallest absolute Gasteiger partial charge is 0.271 e. The van der Waals surface area contributed by atoms with Crippen molar-refractivity contribution in [2.24, 2.45) is 0 Å². The topological polar surface area (TPSA) is 66.9 Å². The second-order valence-corrected chi connectivity index (χ2v) is 4.55. The molecule has 0 atom stereocenters. The first kappa shape index (κ1) is 13.9. The fourth-order valence-electron chi connectivity index (χ4n) is 1.53. The highest BCUT2D eigenvalue weighted by Crippen LogP contribution is 2.13. The molecule has 1 heterocycles. The lowest BCUT2D eigenvalue weighted by atomic mass is 10.3. The molecular weight excluding hydrogens is 259 g/mol. The number of benzene rings is 1. The predicted octanol–water partition coefficient (Wildman–Crippen LogP) is 2.50. The van der Waals surface area contributed by atoms with Crippen LogP contribution in [0.25, 0.3) is 0 Å². The molecule has 6 heteroatoms. The van der Waals surface area contributed by atoms with E-state index in [9.17, 15) is 9.18 Å². The Morgan fingerprint density at radius 3 is 2.40 bits per heavy atom. The highest BCUT2D eigenvalue weighted by atomic mass is 19.1. The number of carbonyl (C=O) groups is 1. The van der Waals surface area contributed by atoms with Crippen molar-refractivity contribution < 1.29 is 9.18 Å². The molecule has 0 saturated carbocycles. The third-order valence-corrected chi connectivity index (χ3v) is 2.42. The summed E-state index contributed by atoms with van der Waals surface area (Å²) in [7, 11) is 0. The Morgan fingerprint density at radius 1 is 1.15 bits per heavy atom. The van der Waals surface area contributed by atoms with Gasteiger partial charge in [-0.15, -0.1) is 0 Å². The molecular formula is C14H15FN4O. The number of halogens is 1. The molecule has 5 nitrogen and oxygen atoms in total. The maximum Gasteiger partial charge on any atom is 0.271 e. The summed E-state index contributed by atoms with van der Waals surface area (Å²) in [6, 6.07) is 5.93. The number of hydrogen-bond acceptors (Lipinski definition) is 4. The van der Waals surface area contributed by atoms with Crippen molar-refractivity contribution in [1.82, 2.24) is 15.3 Å². The average Bonchev–Trinajstić information content (AvgIpc) is 2.41. The maximum atomic E-state index is 12.8. The van der Waals surface area contributed by atoms with Crippen LogP contribution in [0.15, 0.2) is 36.7 Å². The van der Waals surface area contributed by atoms with Crippen molar-refractivity contribution in [2.75, 3.05) is 5.32 Å². The molecule has 20 heavy (non-hydrogen) atoms. The minimum Gasteiger partial charge on any atom is -0.348 e. The Bertz CT molecular complexity index is 581. The molecule has 0 spiro atoms. The molecule has 2 rings (SSSR count). The molecule has 0 radical (unpaired) electrons. The Labute approximate surface area is 116 Å². The van der Waals surface area contributed by atoms with Gasteiger partial charge in [-0.3, -0.25) is 4.79 Å². The van der Waals surface area contributed by atoms with E-state index in [2.05, 4.69) is 20.6 Å². The van der Waals surface area contributed by atoms with Crippen LogP contribution in [-0.2, 0) is 0 Å². The van der Waals surface area contributed by atoms with Crippen LogP contribution >= 0.6 is 0 Å². The minimum atomic E-state index is -0.303. The summed E-state index contributed by atoms with van der Waals surface area (Å²) in [6.45, 7) is 3.74. The van der Waals surface area contributed by atoms with Gasteiger partial charge in [-0.05, 0) is 38.1 Å². The minimum absolute atomic E-state index is 0.0429. The molecule has 1 amide bonds. The molecule has 2 N–H and O–H groups in total. The normalized spacial score (nSPS) is 10.4. The van der Waals surface area contributed by atoms with E-state index in [0.717, 1.165) is 0 Å². The summed E-state index contributed by atoms with van der Waals surface area (Å²) in [5.74, 6) is -0.0825. The first-order chi connectivity index (χ1) is 9.54. The zero-order chi connectivity index (χ0) is 14.5. The van der Waals surface area contributed by atoms with Crippen LogP contribution in [0.3, 0.4) is 0 Å². The number of nitrogens with one attached hydrogen (secondary N) is 2. The molecule has 2 aromatic rings. The summed E-state index contributed by atoms with van der Waals surface area (Å²) >= 11 is 0. The van der Waals surface area contributed by atoms with E-state index in [-0.39, 0.29) is 23.5 Å². The van der Waals surface area contributed by atoms with Crippen molar-refractivity contribution in [3.05, 3.63) is 48.2 Å². The lowest BCUT2D eigenvalue weighted by molar-refractivity contribution is 0.0937. The number of aromatic nitrogens is 2. The van der Waals surface area contributed by atoms with Crippen LogP contribution in [0.1, 0.15) is 24.3 Å². The summed E-state index contributed by atoms with van der Waals surface area (Å²) in [5.41, 5.74) is 0.948. The van der Waals surface area contributed by atoms with E-state index in [1.165, 1.54) is 24.5 Å². The average molecular weight is 274 g/mol. The van der Waals surface area contributed by atoms with Crippen LogP contribution in [0.5, 0.6) is 0 Å². The van der Waals surface area contributed by atoms with Crippen molar-refractivity contribution in [3.63, 3.8) is 0 Å². The molecule has 1 aromatic carbocycles. The van der Waals surface area contributed by atoms with Crippen LogP contribution in [0.4, 0.5) is 15.9 Å². The van der Waals surface area contributed by atoms with Crippen molar-refractivity contribution in [2.45, 2.75) is 19.9 Å². The predicted molar refractivity (Wildman–Crippen MR) is 74.3 cm³/mol. The van der Waals surface area contributed by atoms with E-state index in [1.807, 2.05) is 13.8 Å².